The third-order valence-corrected chi connectivity index (χ3v) is 4.87. The van der Waals surface area contributed by atoms with Crippen LogP contribution in [-0.2, 0) is 16.1 Å². The molecule has 0 saturated carbocycles. The first-order valence-electron chi connectivity index (χ1n) is 10.3. The van der Waals surface area contributed by atoms with Crippen LogP contribution in [0.2, 0.25) is 0 Å². The van der Waals surface area contributed by atoms with Gasteiger partial charge in [-0.3, -0.25) is 14.5 Å². The number of ether oxygens (including phenoxy) is 2. The minimum atomic E-state index is -0.327. The molecule has 3 rings (SSSR count). The van der Waals surface area contributed by atoms with E-state index in [2.05, 4.69) is 10.6 Å². The van der Waals surface area contributed by atoms with Crippen LogP contribution in [0.25, 0.3) is 0 Å². The van der Waals surface area contributed by atoms with E-state index < -0.39 is 0 Å². The molecule has 8 nitrogen and oxygen atoms in total. The summed E-state index contributed by atoms with van der Waals surface area (Å²) >= 11 is 0. The van der Waals surface area contributed by atoms with Crippen molar-refractivity contribution in [1.29, 1.82) is 0 Å². The molecule has 1 fully saturated rings. The molecule has 0 spiro atoms. The smallest absolute Gasteiger partial charge is 0.238 e. The van der Waals surface area contributed by atoms with Gasteiger partial charge < -0.3 is 24.5 Å². The summed E-state index contributed by atoms with van der Waals surface area (Å²) in [5.74, 6) is 1.65. The molecule has 2 amide bonds. The Labute approximate surface area is 176 Å². The minimum absolute atomic E-state index is 0.0925. The van der Waals surface area contributed by atoms with Crippen molar-refractivity contribution in [2.24, 2.45) is 0 Å². The standard InChI is InChI=1S/C22H29N3O5/c1-3-28-16-9-10-20(29-4-2)18(13-16)24-21(26)15-25-11-5-8-19(25)22(27)23-14-17-7-6-12-30-17/h6-7,9-10,12-13,19H,3-5,8,11,14-15H2,1-2H3,(H,23,27)(H,24,26). The fourth-order valence-electron chi connectivity index (χ4n) is 3.54. The number of furan rings is 1. The van der Waals surface area contributed by atoms with Crippen LogP contribution in [0.3, 0.4) is 0 Å². The van der Waals surface area contributed by atoms with Crippen LogP contribution in [0.5, 0.6) is 11.5 Å². The molecule has 1 atom stereocenters. The lowest BCUT2D eigenvalue weighted by atomic mass is 10.2. The van der Waals surface area contributed by atoms with Crippen LogP contribution in [-0.4, -0.2) is 49.1 Å². The molecule has 1 saturated heterocycles. The van der Waals surface area contributed by atoms with E-state index >= 15 is 0 Å². The van der Waals surface area contributed by atoms with Crippen molar-refractivity contribution in [3.8, 4) is 11.5 Å². The molecule has 1 aliphatic heterocycles. The second-order valence-corrected chi connectivity index (χ2v) is 7.00. The normalized spacial score (nSPS) is 16.3. The lowest BCUT2D eigenvalue weighted by Crippen LogP contribution is -2.45. The molecule has 8 heteroatoms. The first-order valence-corrected chi connectivity index (χ1v) is 10.3. The molecular weight excluding hydrogens is 386 g/mol. The van der Waals surface area contributed by atoms with E-state index in [9.17, 15) is 9.59 Å². The molecule has 1 unspecified atom stereocenters. The lowest BCUT2D eigenvalue weighted by molar-refractivity contribution is -0.126. The van der Waals surface area contributed by atoms with E-state index in [0.29, 0.717) is 49.2 Å². The molecule has 0 bridgehead atoms. The molecule has 0 aliphatic carbocycles. The van der Waals surface area contributed by atoms with Gasteiger partial charge >= 0.3 is 0 Å². The maximum Gasteiger partial charge on any atom is 0.238 e. The van der Waals surface area contributed by atoms with Crippen molar-refractivity contribution < 1.29 is 23.5 Å². The van der Waals surface area contributed by atoms with Gasteiger partial charge in [0.25, 0.3) is 0 Å². The fourth-order valence-corrected chi connectivity index (χ4v) is 3.54. The molecular formula is C22H29N3O5. The van der Waals surface area contributed by atoms with Gasteiger partial charge in [-0.25, -0.2) is 0 Å². The summed E-state index contributed by atoms with van der Waals surface area (Å²) in [5, 5.41) is 5.79. The molecule has 2 aromatic rings. The topological polar surface area (TPSA) is 93.0 Å². The number of nitrogens with zero attached hydrogens (tertiary/aromatic N) is 1. The number of nitrogens with one attached hydrogen (secondary N) is 2. The van der Waals surface area contributed by atoms with Gasteiger partial charge in [0.05, 0.1) is 44.3 Å². The van der Waals surface area contributed by atoms with Crippen LogP contribution in [0.1, 0.15) is 32.4 Å². The van der Waals surface area contributed by atoms with Crippen molar-refractivity contribution in [1.82, 2.24) is 10.2 Å². The minimum Gasteiger partial charge on any atom is -0.494 e. The molecule has 2 N–H and O–H groups in total. The quantitative estimate of drug-likeness (QED) is 0.620. The summed E-state index contributed by atoms with van der Waals surface area (Å²) in [6.07, 6.45) is 3.17. The van der Waals surface area contributed by atoms with Crippen LogP contribution in [0.15, 0.2) is 41.0 Å². The highest BCUT2D eigenvalue weighted by molar-refractivity contribution is 5.94. The van der Waals surface area contributed by atoms with Crippen molar-refractivity contribution in [2.75, 3.05) is 31.6 Å². The zero-order valence-electron chi connectivity index (χ0n) is 17.5. The van der Waals surface area contributed by atoms with Gasteiger partial charge in [0.1, 0.15) is 17.3 Å². The van der Waals surface area contributed by atoms with Gasteiger partial charge in [0.2, 0.25) is 11.8 Å². The molecule has 0 radical (unpaired) electrons. The molecule has 1 aliphatic rings. The van der Waals surface area contributed by atoms with Crippen LogP contribution in [0, 0.1) is 0 Å². The van der Waals surface area contributed by atoms with Crippen LogP contribution < -0.4 is 20.1 Å². The maximum atomic E-state index is 12.7. The number of amides is 2. The Kier molecular flexibility index (Phi) is 7.73. The van der Waals surface area contributed by atoms with Gasteiger partial charge in [0.15, 0.2) is 0 Å². The second kappa shape index (κ2) is 10.7. The second-order valence-electron chi connectivity index (χ2n) is 7.00. The Balaban J connectivity index is 1.59. The number of anilines is 1. The number of benzene rings is 1. The Morgan fingerprint density at radius 2 is 2.03 bits per heavy atom. The third kappa shape index (κ3) is 5.76. The molecule has 162 valence electrons. The monoisotopic (exact) mass is 415 g/mol. The maximum absolute atomic E-state index is 12.7. The molecule has 30 heavy (non-hydrogen) atoms. The highest BCUT2D eigenvalue weighted by Crippen LogP contribution is 2.29. The summed E-state index contributed by atoms with van der Waals surface area (Å²) in [4.78, 5) is 27.2. The van der Waals surface area contributed by atoms with Crippen molar-refractivity contribution in [3.63, 3.8) is 0 Å². The van der Waals surface area contributed by atoms with Gasteiger partial charge in [0, 0.05) is 6.07 Å². The summed E-state index contributed by atoms with van der Waals surface area (Å²) in [6.45, 7) is 5.97. The van der Waals surface area contributed by atoms with Crippen molar-refractivity contribution >= 4 is 17.5 Å². The average Bonchev–Trinajstić information content (AvgIpc) is 3.40. The SMILES string of the molecule is CCOc1ccc(OCC)c(NC(=O)CN2CCCC2C(=O)NCc2ccco2)c1. The Bertz CT molecular complexity index is 837. The first-order chi connectivity index (χ1) is 14.6. The van der Waals surface area contributed by atoms with Gasteiger partial charge in [-0.15, -0.1) is 0 Å². The summed E-state index contributed by atoms with van der Waals surface area (Å²) in [5.41, 5.74) is 0.561. The Hall–Kier alpha value is -3.00. The predicted molar refractivity (Wildman–Crippen MR) is 113 cm³/mol. The lowest BCUT2D eigenvalue weighted by Gasteiger charge is -2.23. The van der Waals surface area contributed by atoms with Gasteiger partial charge in [-0.2, -0.15) is 0 Å². The Morgan fingerprint density at radius 3 is 2.77 bits per heavy atom. The number of rotatable bonds is 10. The largest absolute Gasteiger partial charge is 0.494 e. The number of likely N-dealkylation sites (tertiary alicyclic amines) is 1. The van der Waals surface area contributed by atoms with E-state index in [1.807, 2.05) is 30.9 Å². The average molecular weight is 415 g/mol. The summed E-state index contributed by atoms with van der Waals surface area (Å²) in [7, 11) is 0. The number of carbonyl (C=O) groups excluding carboxylic acids is 2. The highest BCUT2D eigenvalue weighted by Gasteiger charge is 2.32. The summed E-state index contributed by atoms with van der Waals surface area (Å²) < 4.78 is 16.4. The zero-order valence-corrected chi connectivity index (χ0v) is 17.5. The van der Waals surface area contributed by atoms with Crippen LogP contribution in [0.4, 0.5) is 5.69 Å². The number of hydrogen-bond donors (Lipinski definition) is 2. The summed E-state index contributed by atoms with van der Waals surface area (Å²) in [6, 6.07) is 8.61. The van der Waals surface area contributed by atoms with E-state index in [1.54, 1.807) is 24.5 Å². The van der Waals surface area contributed by atoms with Crippen molar-refractivity contribution in [3.05, 3.63) is 42.4 Å². The molecule has 2 heterocycles. The van der Waals surface area contributed by atoms with Crippen LogP contribution >= 0.6 is 0 Å². The van der Waals surface area contributed by atoms with E-state index in [4.69, 9.17) is 13.9 Å². The zero-order chi connectivity index (χ0) is 21.3. The number of hydrogen-bond acceptors (Lipinski definition) is 6. The third-order valence-electron chi connectivity index (χ3n) is 4.87. The van der Waals surface area contributed by atoms with E-state index in [1.165, 1.54) is 0 Å². The Morgan fingerprint density at radius 1 is 1.20 bits per heavy atom. The first kappa shape index (κ1) is 21.7. The molecule has 1 aromatic heterocycles. The molecule has 1 aromatic carbocycles. The van der Waals surface area contributed by atoms with E-state index in [0.717, 1.165) is 12.8 Å². The van der Waals surface area contributed by atoms with Gasteiger partial charge in [-0.05, 0) is 57.5 Å². The number of carbonyl (C=O) groups is 2. The highest BCUT2D eigenvalue weighted by atomic mass is 16.5. The van der Waals surface area contributed by atoms with E-state index in [-0.39, 0.29) is 24.4 Å². The van der Waals surface area contributed by atoms with Gasteiger partial charge in [-0.1, -0.05) is 0 Å². The predicted octanol–water partition coefficient (Wildman–Crippen LogP) is 2.80. The van der Waals surface area contributed by atoms with Crippen molar-refractivity contribution in [2.45, 2.75) is 39.3 Å². The fraction of sp³-hybridized carbons (Fsp3) is 0.455.